The van der Waals surface area contributed by atoms with Gasteiger partial charge in [0, 0.05) is 37.7 Å². The molecule has 0 radical (unpaired) electrons. The lowest BCUT2D eigenvalue weighted by Crippen LogP contribution is -2.39. The summed E-state index contributed by atoms with van der Waals surface area (Å²) in [7, 11) is 0. The highest BCUT2D eigenvalue weighted by molar-refractivity contribution is 7.99. The van der Waals surface area contributed by atoms with Crippen molar-refractivity contribution in [3.05, 3.63) is 24.0 Å². The number of hydrogen-bond acceptors (Lipinski definition) is 5. The van der Waals surface area contributed by atoms with Crippen molar-refractivity contribution in [3.8, 4) is 0 Å². The Morgan fingerprint density at radius 3 is 2.89 bits per heavy atom. The van der Waals surface area contributed by atoms with Gasteiger partial charge < -0.3 is 11.1 Å². The minimum absolute atomic E-state index is 0.138. The van der Waals surface area contributed by atoms with Crippen molar-refractivity contribution in [1.82, 2.24) is 15.2 Å². The second-order valence-electron chi connectivity index (χ2n) is 4.19. The molecular weight excluding hydrogens is 248 g/mol. The van der Waals surface area contributed by atoms with E-state index in [1.54, 1.807) is 12.1 Å². The van der Waals surface area contributed by atoms with Crippen LogP contribution >= 0.6 is 11.8 Å². The number of nitrogens with one attached hydrogen (secondary N) is 1. The van der Waals surface area contributed by atoms with Crippen molar-refractivity contribution in [1.29, 1.82) is 0 Å². The van der Waals surface area contributed by atoms with Gasteiger partial charge in [-0.3, -0.25) is 9.69 Å². The zero-order valence-corrected chi connectivity index (χ0v) is 11.1. The van der Waals surface area contributed by atoms with E-state index in [1.807, 2.05) is 11.8 Å². The van der Waals surface area contributed by atoms with Crippen molar-refractivity contribution < 1.29 is 4.79 Å². The summed E-state index contributed by atoms with van der Waals surface area (Å²) in [4.78, 5) is 18.1. The Labute approximate surface area is 111 Å². The van der Waals surface area contributed by atoms with Gasteiger partial charge in [-0.05, 0) is 12.1 Å². The van der Waals surface area contributed by atoms with Crippen molar-refractivity contribution in [3.63, 3.8) is 0 Å². The Morgan fingerprint density at radius 2 is 2.22 bits per heavy atom. The van der Waals surface area contributed by atoms with Crippen LogP contribution in [0.4, 0.5) is 5.69 Å². The fourth-order valence-electron chi connectivity index (χ4n) is 1.78. The fraction of sp³-hybridized carbons (Fsp3) is 0.500. The first-order valence-electron chi connectivity index (χ1n) is 6.05. The third kappa shape index (κ3) is 3.89. The molecule has 0 aromatic carbocycles. The fourth-order valence-corrected chi connectivity index (χ4v) is 2.76. The quantitative estimate of drug-likeness (QED) is 0.827. The Morgan fingerprint density at radius 1 is 1.44 bits per heavy atom. The third-order valence-electron chi connectivity index (χ3n) is 2.84. The van der Waals surface area contributed by atoms with E-state index in [0.29, 0.717) is 17.9 Å². The maximum absolute atomic E-state index is 11.8. The molecule has 6 heteroatoms. The van der Waals surface area contributed by atoms with E-state index in [0.717, 1.165) is 19.6 Å². The van der Waals surface area contributed by atoms with Gasteiger partial charge in [0.05, 0.1) is 11.9 Å². The number of nitrogens with zero attached hydrogens (tertiary/aromatic N) is 2. The zero-order valence-electron chi connectivity index (χ0n) is 10.3. The molecule has 0 spiro atoms. The topological polar surface area (TPSA) is 71.2 Å². The lowest BCUT2D eigenvalue weighted by Gasteiger charge is -2.25. The molecule has 1 aliphatic heterocycles. The molecular formula is C12H18N4OS. The van der Waals surface area contributed by atoms with E-state index in [1.165, 1.54) is 17.7 Å². The van der Waals surface area contributed by atoms with Crippen molar-refractivity contribution in [2.45, 2.75) is 0 Å². The summed E-state index contributed by atoms with van der Waals surface area (Å²) in [6.07, 6.45) is 1.50. The molecule has 5 nitrogen and oxygen atoms in total. The third-order valence-corrected chi connectivity index (χ3v) is 3.78. The van der Waals surface area contributed by atoms with Crippen LogP contribution in [0.3, 0.4) is 0 Å². The minimum Gasteiger partial charge on any atom is -0.397 e. The molecule has 1 amide bonds. The number of nitrogens with two attached hydrogens (primary N) is 1. The van der Waals surface area contributed by atoms with Crippen LogP contribution in [0.5, 0.6) is 0 Å². The highest BCUT2D eigenvalue weighted by Gasteiger charge is 2.11. The molecule has 0 bridgehead atoms. The largest absolute Gasteiger partial charge is 0.397 e. The van der Waals surface area contributed by atoms with E-state index >= 15 is 0 Å². The zero-order chi connectivity index (χ0) is 12.8. The van der Waals surface area contributed by atoms with Gasteiger partial charge in [-0.2, -0.15) is 11.8 Å². The number of thioether (sulfide) groups is 1. The molecule has 2 heterocycles. The molecule has 1 aliphatic rings. The number of carbonyl (C=O) groups is 1. The second-order valence-corrected chi connectivity index (χ2v) is 5.41. The molecule has 1 fully saturated rings. The molecule has 0 aliphatic carbocycles. The van der Waals surface area contributed by atoms with Crippen molar-refractivity contribution >= 4 is 23.4 Å². The van der Waals surface area contributed by atoms with Crippen LogP contribution in [0.25, 0.3) is 0 Å². The average Bonchev–Trinajstić information content (AvgIpc) is 2.40. The number of rotatable bonds is 4. The summed E-state index contributed by atoms with van der Waals surface area (Å²) >= 11 is 1.99. The lowest BCUT2D eigenvalue weighted by atomic mass is 10.3. The molecule has 1 saturated heterocycles. The van der Waals surface area contributed by atoms with Gasteiger partial charge in [0.25, 0.3) is 5.91 Å². The van der Waals surface area contributed by atoms with Gasteiger partial charge in [-0.1, -0.05) is 0 Å². The smallest absolute Gasteiger partial charge is 0.269 e. The summed E-state index contributed by atoms with van der Waals surface area (Å²) in [5.74, 6) is 2.24. The Hall–Kier alpha value is -1.27. The minimum atomic E-state index is -0.138. The molecule has 1 aromatic heterocycles. The summed E-state index contributed by atoms with van der Waals surface area (Å²) in [5.41, 5.74) is 6.50. The molecule has 0 saturated carbocycles. The summed E-state index contributed by atoms with van der Waals surface area (Å²) in [6, 6.07) is 3.33. The van der Waals surface area contributed by atoms with Crippen LogP contribution in [-0.2, 0) is 0 Å². The van der Waals surface area contributed by atoms with E-state index in [9.17, 15) is 4.79 Å². The summed E-state index contributed by atoms with van der Waals surface area (Å²) in [5, 5.41) is 2.87. The molecule has 98 valence electrons. The lowest BCUT2D eigenvalue weighted by molar-refractivity contribution is 0.0944. The second kappa shape index (κ2) is 6.61. The van der Waals surface area contributed by atoms with Crippen LogP contribution in [0.1, 0.15) is 10.5 Å². The Kier molecular flexibility index (Phi) is 4.83. The number of anilines is 1. The number of hydrogen-bond donors (Lipinski definition) is 2. The van der Waals surface area contributed by atoms with Crippen LogP contribution < -0.4 is 11.1 Å². The maximum Gasteiger partial charge on any atom is 0.269 e. The molecule has 0 unspecified atom stereocenters. The summed E-state index contributed by atoms with van der Waals surface area (Å²) in [6.45, 7) is 3.79. The SMILES string of the molecule is Nc1ccc(C(=O)NCCN2CCSCC2)nc1. The van der Waals surface area contributed by atoms with Crippen LogP contribution in [0.15, 0.2) is 18.3 Å². The molecule has 0 atom stereocenters. The molecule has 2 rings (SSSR count). The predicted molar refractivity (Wildman–Crippen MR) is 74.7 cm³/mol. The first-order valence-corrected chi connectivity index (χ1v) is 7.21. The first-order chi connectivity index (χ1) is 8.75. The first kappa shape index (κ1) is 13.2. The average molecular weight is 266 g/mol. The summed E-state index contributed by atoms with van der Waals surface area (Å²) < 4.78 is 0. The predicted octanol–water partition coefficient (Wildman–Crippen LogP) is 0.442. The van der Waals surface area contributed by atoms with Gasteiger partial charge in [0.15, 0.2) is 0 Å². The highest BCUT2D eigenvalue weighted by atomic mass is 32.2. The standard InChI is InChI=1S/C12H18N4OS/c13-10-1-2-11(15-9-10)12(17)14-3-4-16-5-7-18-8-6-16/h1-2,9H,3-8,13H2,(H,14,17). The highest BCUT2D eigenvalue weighted by Crippen LogP contribution is 2.08. The maximum atomic E-state index is 11.8. The van der Waals surface area contributed by atoms with Crippen LogP contribution in [0, 0.1) is 0 Å². The number of pyridine rings is 1. The normalized spacial score (nSPS) is 16.4. The number of aromatic nitrogens is 1. The van der Waals surface area contributed by atoms with Gasteiger partial charge in [-0.25, -0.2) is 4.98 Å². The van der Waals surface area contributed by atoms with Crippen LogP contribution in [-0.4, -0.2) is 53.5 Å². The van der Waals surface area contributed by atoms with E-state index in [4.69, 9.17) is 5.73 Å². The van der Waals surface area contributed by atoms with Crippen LogP contribution in [0.2, 0.25) is 0 Å². The van der Waals surface area contributed by atoms with E-state index < -0.39 is 0 Å². The number of carbonyl (C=O) groups excluding carboxylic acids is 1. The van der Waals surface area contributed by atoms with Crippen molar-refractivity contribution in [2.24, 2.45) is 0 Å². The molecule has 3 N–H and O–H groups in total. The van der Waals surface area contributed by atoms with Gasteiger partial charge in [0.2, 0.25) is 0 Å². The van der Waals surface area contributed by atoms with Gasteiger partial charge in [-0.15, -0.1) is 0 Å². The Balaban J connectivity index is 1.72. The number of nitrogen functional groups attached to an aromatic ring is 1. The number of amides is 1. The molecule has 1 aromatic rings. The monoisotopic (exact) mass is 266 g/mol. The van der Waals surface area contributed by atoms with Crippen molar-refractivity contribution in [2.75, 3.05) is 43.4 Å². The van der Waals surface area contributed by atoms with E-state index in [-0.39, 0.29) is 5.91 Å². The Bertz CT molecular complexity index is 390. The van der Waals surface area contributed by atoms with Gasteiger partial charge in [0.1, 0.15) is 5.69 Å². The van der Waals surface area contributed by atoms with E-state index in [2.05, 4.69) is 15.2 Å². The van der Waals surface area contributed by atoms with Gasteiger partial charge >= 0.3 is 0 Å². The molecule has 18 heavy (non-hydrogen) atoms.